The van der Waals surface area contributed by atoms with E-state index in [1.165, 1.54) is 0 Å². The van der Waals surface area contributed by atoms with Crippen molar-refractivity contribution in [2.75, 3.05) is 37.4 Å². The minimum Gasteiger partial charge on any atom is -0.375 e. The van der Waals surface area contributed by atoms with E-state index in [-0.39, 0.29) is 17.7 Å². The average Bonchev–Trinajstić information content (AvgIpc) is 3.15. The topological polar surface area (TPSA) is 62.2 Å². The highest BCUT2D eigenvalue weighted by Gasteiger charge is 2.35. The summed E-state index contributed by atoms with van der Waals surface area (Å²) in [5, 5.41) is 11.2. The monoisotopic (exact) mass is 347 g/mol. The summed E-state index contributed by atoms with van der Waals surface area (Å²) in [7, 11) is 5.70. The Hall–Kier alpha value is -2.05. The first-order valence-corrected chi connectivity index (χ1v) is 8.31. The van der Waals surface area contributed by atoms with E-state index in [1.807, 2.05) is 56.6 Å². The van der Waals surface area contributed by atoms with Crippen LogP contribution in [0.25, 0.3) is 0 Å². The number of benzene rings is 1. The molecule has 2 aromatic rings. The second-order valence-electron chi connectivity index (χ2n) is 6.34. The number of hydrogen-bond donors (Lipinski definition) is 2. The number of nitrogens with one attached hydrogen (secondary N) is 2. The number of carbonyl (C=O) groups is 1. The minimum absolute atomic E-state index is 0.000722. The normalized spacial score (nSPS) is 20.2. The predicted octanol–water partition coefficient (Wildman–Crippen LogP) is 2.08. The van der Waals surface area contributed by atoms with E-state index in [9.17, 15) is 4.79 Å². The number of hydrogen-bond acceptors (Lipinski definition) is 4. The Kier molecular flexibility index (Phi) is 4.78. The zero-order valence-electron chi connectivity index (χ0n) is 14.1. The van der Waals surface area contributed by atoms with Gasteiger partial charge in [0.25, 0.3) is 0 Å². The molecule has 0 unspecified atom stereocenters. The molecule has 0 saturated carbocycles. The molecular weight excluding hydrogens is 326 g/mol. The average molecular weight is 348 g/mol. The van der Waals surface area contributed by atoms with Crippen molar-refractivity contribution in [2.24, 2.45) is 13.0 Å². The van der Waals surface area contributed by atoms with Gasteiger partial charge in [0.2, 0.25) is 5.91 Å². The molecule has 6 nitrogen and oxygen atoms in total. The SMILES string of the molecule is CN(C)c1c(Cl)cccc1NC(=O)[C@H]1CNC[C@@H]1c1cnn(C)c1. The van der Waals surface area contributed by atoms with Gasteiger partial charge in [-0.05, 0) is 17.7 Å². The molecular formula is C17H22ClN5O. The van der Waals surface area contributed by atoms with Crippen LogP contribution in [0, 0.1) is 5.92 Å². The molecule has 0 aliphatic carbocycles. The number of aryl methyl sites for hydroxylation is 1. The lowest BCUT2D eigenvalue weighted by Crippen LogP contribution is -2.28. The van der Waals surface area contributed by atoms with Crippen LogP contribution in [-0.4, -0.2) is 42.9 Å². The number of para-hydroxylation sites is 1. The van der Waals surface area contributed by atoms with Crippen molar-refractivity contribution in [1.29, 1.82) is 0 Å². The van der Waals surface area contributed by atoms with E-state index >= 15 is 0 Å². The van der Waals surface area contributed by atoms with E-state index in [0.717, 1.165) is 23.5 Å². The third-order valence-corrected chi connectivity index (χ3v) is 4.70. The van der Waals surface area contributed by atoms with E-state index < -0.39 is 0 Å². The first-order chi connectivity index (χ1) is 11.5. The molecule has 0 spiro atoms. The van der Waals surface area contributed by atoms with Crippen molar-refractivity contribution in [3.63, 3.8) is 0 Å². The number of amides is 1. The van der Waals surface area contributed by atoms with Gasteiger partial charge in [-0.15, -0.1) is 0 Å². The van der Waals surface area contributed by atoms with E-state index in [0.29, 0.717) is 11.6 Å². The molecule has 3 rings (SSSR count). The zero-order chi connectivity index (χ0) is 17.3. The van der Waals surface area contributed by atoms with Crippen molar-refractivity contribution in [3.8, 4) is 0 Å². The lowest BCUT2D eigenvalue weighted by atomic mass is 9.90. The molecule has 2 N–H and O–H groups in total. The van der Waals surface area contributed by atoms with Gasteiger partial charge in [-0.2, -0.15) is 5.10 Å². The van der Waals surface area contributed by atoms with Crippen LogP contribution in [0.3, 0.4) is 0 Å². The van der Waals surface area contributed by atoms with Crippen molar-refractivity contribution >= 4 is 28.9 Å². The van der Waals surface area contributed by atoms with Gasteiger partial charge in [0.05, 0.1) is 28.5 Å². The Balaban J connectivity index is 1.81. The fourth-order valence-electron chi connectivity index (χ4n) is 3.23. The number of carbonyl (C=O) groups excluding carboxylic acids is 1. The van der Waals surface area contributed by atoms with Crippen LogP contribution in [0.2, 0.25) is 5.02 Å². The second-order valence-corrected chi connectivity index (χ2v) is 6.75. The summed E-state index contributed by atoms with van der Waals surface area (Å²) in [6.07, 6.45) is 3.81. The highest BCUT2D eigenvalue weighted by molar-refractivity contribution is 6.34. The van der Waals surface area contributed by atoms with E-state index in [2.05, 4.69) is 15.7 Å². The van der Waals surface area contributed by atoms with Gasteiger partial charge in [-0.3, -0.25) is 9.48 Å². The zero-order valence-corrected chi connectivity index (χ0v) is 14.8. The molecule has 1 aliphatic rings. The highest BCUT2D eigenvalue weighted by atomic mass is 35.5. The molecule has 1 aromatic carbocycles. The Bertz CT molecular complexity index is 742. The van der Waals surface area contributed by atoms with Crippen LogP contribution in [0.15, 0.2) is 30.6 Å². The summed E-state index contributed by atoms with van der Waals surface area (Å²) in [6.45, 7) is 1.43. The molecule has 7 heteroatoms. The number of nitrogens with zero attached hydrogens (tertiary/aromatic N) is 3. The molecule has 2 atom stereocenters. The lowest BCUT2D eigenvalue weighted by Gasteiger charge is -2.22. The summed E-state index contributed by atoms with van der Waals surface area (Å²) < 4.78 is 1.77. The Morgan fingerprint density at radius 3 is 2.88 bits per heavy atom. The first-order valence-electron chi connectivity index (χ1n) is 7.93. The van der Waals surface area contributed by atoms with Gasteiger partial charge in [-0.25, -0.2) is 0 Å². The summed E-state index contributed by atoms with van der Waals surface area (Å²) >= 11 is 6.28. The van der Waals surface area contributed by atoms with Crippen molar-refractivity contribution in [1.82, 2.24) is 15.1 Å². The summed E-state index contributed by atoms with van der Waals surface area (Å²) in [5.41, 5.74) is 2.63. The quantitative estimate of drug-likeness (QED) is 0.889. The van der Waals surface area contributed by atoms with Crippen molar-refractivity contribution < 1.29 is 4.79 Å². The highest BCUT2D eigenvalue weighted by Crippen LogP contribution is 2.34. The largest absolute Gasteiger partial charge is 0.375 e. The van der Waals surface area contributed by atoms with Crippen LogP contribution in [0.4, 0.5) is 11.4 Å². The smallest absolute Gasteiger partial charge is 0.229 e. The van der Waals surface area contributed by atoms with Gasteiger partial charge >= 0.3 is 0 Å². The van der Waals surface area contributed by atoms with Crippen LogP contribution in [0.1, 0.15) is 11.5 Å². The molecule has 1 amide bonds. The number of aromatic nitrogens is 2. The Morgan fingerprint density at radius 1 is 1.42 bits per heavy atom. The molecule has 0 bridgehead atoms. The second kappa shape index (κ2) is 6.83. The fraction of sp³-hybridized carbons (Fsp3) is 0.412. The predicted molar refractivity (Wildman–Crippen MR) is 96.7 cm³/mol. The summed E-state index contributed by atoms with van der Waals surface area (Å²) in [4.78, 5) is 14.8. The molecule has 1 aromatic heterocycles. The van der Waals surface area contributed by atoms with Crippen LogP contribution in [0.5, 0.6) is 0 Å². The molecule has 1 aliphatic heterocycles. The van der Waals surface area contributed by atoms with E-state index in [1.54, 1.807) is 4.68 Å². The first kappa shape index (κ1) is 16.8. The van der Waals surface area contributed by atoms with Gasteiger partial charge in [-0.1, -0.05) is 17.7 Å². The molecule has 2 heterocycles. The standard InChI is InChI=1S/C17H22ClN5O/c1-22(2)16-14(18)5-4-6-15(16)21-17(24)13-9-19-8-12(13)11-7-20-23(3)10-11/h4-7,10,12-13,19H,8-9H2,1-3H3,(H,21,24)/t12-,13+/m1/s1. The van der Waals surface area contributed by atoms with Crippen molar-refractivity contribution in [2.45, 2.75) is 5.92 Å². The fourth-order valence-corrected chi connectivity index (χ4v) is 3.58. The van der Waals surface area contributed by atoms with Gasteiger partial charge < -0.3 is 15.5 Å². The van der Waals surface area contributed by atoms with E-state index in [4.69, 9.17) is 11.6 Å². The Labute approximate surface area is 146 Å². The van der Waals surface area contributed by atoms with Gasteiger partial charge in [0.15, 0.2) is 0 Å². The van der Waals surface area contributed by atoms with Gasteiger partial charge in [0, 0.05) is 46.3 Å². The molecule has 1 fully saturated rings. The lowest BCUT2D eigenvalue weighted by molar-refractivity contribution is -0.119. The molecule has 128 valence electrons. The summed E-state index contributed by atoms with van der Waals surface area (Å²) in [5.74, 6) is -0.0110. The maximum Gasteiger partial charge on any atom is 0.229 e. The summed E-state index contributed by atoms with van der Waals surface area (Å²) in [6, 6.07) is 5.54. The van der Waals surface area contributed by atoms with Crippen LogP contribution in [-0.2, 0) is 11.8 Å². The number of halogens is 1. The van der Waals surface area contributed by atoms with Crippen LogP contribution >= 0.6 is 11.6 Å². The molecule has 24 heavy (non-hydrogen) atoms. The molecule has 1 saturated heterocycles. The van der Waals surface area contributed by atoms with Gasteiger partial charge in [0.1, 0.15) is 0 Å². The molecule has 0 radical (unpaired) electrons. The maximum absolute atomic E-state index is 12.9. The third kappa shape index (κ3) is 3.25. The Morgan fingerprint density at radius 2 is 2.21 bits per heavy atom. The van der Waals surface area contributed by atoms with Crippen molar-refractivity contribution in [3.05, 3.63) is 41.2 Å². The van der Waals surface area contributed by atoms with Crippen LogP contribution < -0.4 is 15.5 Å². The minimum atomic E-state index is -0.136. The maximum atomic E-state index is 12.9. The number of rotatable bonds is 4. The number of anilines is 2. The third-order valence-electron chi connectivity index (χ3n) is 4.40.